The van der Waals surface area contributed by atoms with Crippen molar-refractivity contribution in [2.75, 3.05) is 13.2 Å². The van der Waals surface area contributed by atoms with E-state index in [2.05, 4.69) is 10.2 Å². The Morgan fingerprint density at radius 2 is 2.10 bits per heavy atom. The lowest BCUT2D eigenvalue weighted by molar-refractivity contribution is 0.00353. The predicted octanol–water partition coefficient (Wildman–Crippen LogP) is 1.48. The van der Waals surface area contributed by atoms with Gasteiger partial charge in [0.05, 0.1) is 12.3 Å². The van der Waals surface area contributed by atoms with Crippen molar-refractivity contribution in [1.29, 1.82) is 0 Å². The summed E-state index contributed by atoms with van der Waals surface area (Å²) in [6.07, 6.45) is -0.175. The summed E-state index contributed by atoms with van der Waals surface area (Å²) >= 11 is 0. The summed E-state index contributed by atoms with van der Waals surface area (Å²) < 4.78 is 33.2. The van der Waals surface area contributed by atoms with Crippen molar-refractivity contribution in [3.63, 3.8) is 0 Å². The maximum Gasteiger partial charge on any atom is 0.360 e. The third kappa shape index (κ3) is 4.19. The molecule has 0 saturated carbocycles. The Morgan fingerprint density at radius 3 is 2.60 bits per heavy atom. The third-order valence-corrected chi connectivity index (χ3v) is 3.84. The minimum atomic E-state index is -4.08. The molecule has 0 fully saturated rings. The van der Waals surface area contributed by atoms with Crippen molar-refractivity contribution >= 4 is 25.7 Å². The maximum absolute atomic E-state index is 11.9. The molecular weight excluding hydrogens is 308 g/mol. The van der Waals surface area contributed by atoms with E-state index >= 15 is 0 Å². The molecule has 1 N–H and O–H groups in total. The maximum atomic E-state index is 11.9. The highest BCUT2D eigenvalue weighted by molar-refractivity contribution is 8.13. The fourth-order valence-corrected chi connectivity index (χ4v) is 2.91. The first-order valence-corrected chi connectivity index (χ1v) is 8.42. The molecular formula is C11H17ClN2O5S. The fraction of sp³-hybridized carbons (Fsp3) is 0.636. The van der Waals surface area contributed by atoms with Crippen molar-refractivity contribution in [3.05, 3.63) is 11.4 Å². The van der Waals surface area contributed by atoms with Crippen molar-refractivity contribution in [2.24, 2.45) is 0 Å². The van der Waals surface area contributed by atoms with Crippen LogP contribution in [0.25, 0.3) is 0 Å². The minimum absolute atomic E-state index is 0.219. The van der Waals surface area contributed by atoms with Crippen molar-refractivity contribution in [2.45, 2.75) is 38.2 Å². The van der Waals surface area contributed by atoms with Gasteiger partial charge in [-0.2, -0.15) is 5.10 Å². The van der Waals surface area contributed by atoms with Gasteiger partial charge in [0.1, 0.15) is 11.0 Å². The second-order valence-corrected chi connectivity index (χ2v) is 6.55. The van der Waals surface area contributed by atoms with Crippen LogP contribution in [0, 0.1) is 0 Å². The Bertz CT molecular complexity index is 569. The number of nitrogens with one attached hydrogen (secondary N) is 1. The van der Waals surface area contributed by atoms with Gasteiger partial charge in [-0.05, 0) is 20.3 Å². The van der Waals surface area contributed by atoms with Crippen LogP contribution >= 0.6 is 10.7 Å². The molecule has 0 bridgehead atoms. The van der Waals surface area contributed by atoms with E-state index in [-0.39, 0.29) is 22.9 Å². The molecule has 0 saturated heterocycles. The molecule has 1 heterocycles. The van der Waals surface area contributed by atoms with Crippen LogP contribution in [0.15, 0.2) is 4.90 Å². The van der Waals surface area contributed by atoms with Crippen LogP contribution in [0.3, 0.4) is 0 Å². The number of carbonyl (C=O) groups is 1. The number of ether oxygens (including phenoxy) is 2. The van der Waals surface area contributed by atoms with Gasteiger partial charge in [0.25, 0.3) is 9.05 Å². The summed E-state index contributed by atoms with van der Waals surface area (Å²) in [6.45, 7) is 5.87. The topological polar surface area (TPSA) is 98.3 Å². The number of hydrogen-bond acceptors (Lipinski definition) is 6. The lowest BCUT2D eigenvalue weighted by atomic mass is 10.3. The van der Waals surface area contributed by atoms with Crippen LogP contribution in [0.2, 0.25) is 0 Å². The van der Waals surface area contributed by atoms with E-state index in [0.717, 1.165) is 0 Å². The molecule has 0 aliphatic rings. The number of nitrogens with zero attached hydrogens (tertiary/aromatic N) is 1. The van der Waals surface area contributed by atoms with Gasteiger partial charge in [0, 0.05) is 17.3 Å². The molecule has 1 rings (SSSR count). The molecule has 1 atom stereocenters. The molecule has 0 aliphatic carbocycles. The first kappa shape index (κ1) is 16.9. The van der Waals surface area contributed by atoms with Crippen LogP contribution < -0.4 is 0 Å². The Morgan fingerprint density at radius 1 is 1.45 bits per heavy atom. The smallest absolute Gasteiger partial charge is 0.360 e. The standard InChI is InChI=1S/C11H17ClN2O5S/c1-4-8-10(20(12,16)17)9(14-13-8)11(15)19-7(3)6-18-5-2/h7H,4-6H2,1-3H3,(H,13,14). The number of aromatic amines is 1. The van der Waals surface area contributed by atoms with Gasteiger partial charge in [-0.3, -0.25) is 5.10 Å². The first-order chi connectivity index (χ1) is 9.31. The van der Waals surface area contributed by atoms with Crippen molar-refractivity contribution in [1.82, 2.24) is 10.2 Å². The minimum Gasteiger partial charge on any atom is -0.455 e. The van der Waals surface area contributed by atoms with E-state index in [4.69, 9.17) is 20.2 Å². The van der Waals surface area contributed by atoms with Crippen LogP contribution in [-0.4, -0.2) is 43.9 Å². The second kappa shape index (κ2) is 7.05. The molecule has 114 valence electrons. The number of rotatable bonds is 7. The predicted molar refractivity (Wildman–Crippen MR) is 72.4 cm³/mol. The van der Waals surface area contributed by atoms with E-state index in [1.54, 1.807) is 13.8 Å². The van der Waals surface area contributed by atoms with E-state index in [0.29, 0.717) is 13.0 Å². The number of esters is 1. The van der Waals surface area contributed by atoms with Gasteiger partial charge in [-0.1, -0.05) is 6.92 Å². The lowest BCUT2D eigenvalue weighted by Crippen LogP contribution is -2.21. The molecule has 1 aromatic heterocycles. The largest absolute Gasteiger partial charge is 0.455 e. The Balaban J connectivity index is 2.97. The van der Waals surface area contributed by atoms with Crippen LogP contribution in [0.4, 0.5) is 0 Å². The highest BCUT2D eigenvalue weighted by Crippen LogP contribution is 2.23. The van der Waals surface area contributed by atoms with Crippen LogP contribution in [0.5, 0.6) is 0 Å². The molecule has 7 nitrogen and oxygen atoms in total. The summed E-state index contributed by atoms with van der Waals surface area (Å²) in [5.41, 5.74) is -0.0652. The van der Waals surface area contributed by atoms with Gasteiger partial charge in [0.2, 0.25) is 0 Å². The number of aryl methyl sites for hydroxylation is 1. The molecule has 9 heteroatoms. The van der Waals surface area contributed by atoms with Gasteiger partial charge < -0.3 is 9.47 Å². The Kier molecular flexibility index (Phi) is 5.97. The molecule has 0 amide bonds. The second-order valence-electron chi connectivity index (χ2n) is 4.05. The van der Waals surface area contributed by atoms with E-state index in [9.17, 15) is 13.2 Å². The summed E-state index contributed by atoms with van der Waals surface area (Å²) in [7, 11) is 1.25. The molecule has 0 aliphatic heterocycles. The molecule has 0 spiro atoms. The number of halogens is 1. The fourth-order valence-electron chi connectivity index (χ4n) is 1.56. The zero-order chi connectivity index (χ0) is 15.3. The zero-order valence-corrected chi connectivity index (χ0v) is 13.0. The van der Waals surface area contributed by atoms with E-state index in [1.807, 2.05) is 6.92 Å². The molecule has 0 radical (unpaired) electrons. The number of hydrogen-bond donors (Lipinski definition) is 1. The van der Waals surface area contributed by atoms with Gasteiger partial charge in [-0.15, -0.1) is 0 Å². The molecule has 20 heavy (non-hydrogen) atoms. The Labute approximate surface area is 122 Å². The summed E-state index contributed by atoms with van der Waals surface area (Å²) in [5.74, 6) is -0.854. The summed E-state index contributed by atoms with van der Waals surface area (Å²) in [6, 6.07) is 0. The van der Waals surface area contributed by atoms with E-state index < -0.39 is 21.1 Å². The number of carbonyl (C=O) groups excluding carboxylic acids is 1. The monoisotopic (exact) mass is 324 g/mol. The normalized spacial score (nSPS) is 13.2. The molecule has 0 aromatic carbocycles. The molecule has 1 aromatic rings. The number of H-pyrrole nitrogens is 1. The third-order valence-electron chi connectivity index (χ3n) is 2.45. The van der Waals surface area contributed by atoms with Gasteiger partial charge >= 0.3 is 5.97 Å². The lowest BCUT2D eigenvalue weighted by Gasteiger charge is -2.12. The van der Waals surface area contributed by atoms with Crippen molar-refractivity contribution < 1.29 is 22.7 Å². The van der Waals surface area contributed by atoms with Crippen molar-refractivity contribution in [3.8, 4) is 0 Å². The average Bonchev–Trinajstić information content (AvgIpc) is 2.80. The van der Waals surface area contributed by atoms with Crippen LogP contribution in [0.1, 0.15) is 37.0 Å². The average molecular weight is 325 g/mol. The zero-order valence-electron chi connectivity index (χ0n) is 11.5. The summed E-state index contributed by atoms with van der Waals surface area (Å²) in [5, 5.41) is 6.16. The quantitative estimate of drug-likeness (QED) is 0.602. The number of aromatic nitrogens is 2. The first-order valence-electron chi connectivity index (χ1n) is 6.11. The highest BCUT2D eigenvalue weighted by Gasteiger charge is 2.29. The van der Waals surface area contributed by atoms with E-state index in [1.165, 1.54) is 0 Å². The van der Waals surface area contributed by atoms with Gasteiger partial charge in [-0.25, -0.2) is 13.2 Å². The highest BCUT2D eigenvalue weighted by atomic mass is 35.7. The van der Waals surface area contributed by atoms with Gasteiger partial charge in [0.15, 0.2) is 5.69 Å². The molecule has 1 unspecified atom stereocenters. The SMILES string of the molecule is CCOCC(C)OC(=O)c1n[nH]c(CC)c1S(=O)(=O)Cl. The van der Waals surface area contributed by atoms with Crippen LogP contribution in [-0.2, 0) is 24.9 Å². The Hall–Kier alpha value is -1.12. The summed E-state index contributed by atoms with van der Waals surface area (Å²) in [4.78, 5) is 11.6.